The third-order valence-electron chi connectivity index (χ3n) is 5.73. The van der Waals surface area contributed by atoms with Crippen LogP contribution in [0.3, 0.4) is 0 Å². The number of hydrogen-bond acceptors (Lipinski definition) is 2. The summed E-state index contributed by atoms with van der Waals surface area (Å²) in [5.74, 6) is 0.943. The Bertz CT molecular complexity index is 452. The number of benzene rings is 1. The molecule has 0 amide bonds. The molecule has 1 aromatic carbocycles. The molecule has 0 radical (unpaired) electrons. The van der Waals surface area contributed by atoms with E-state index in [9.17, 15) is 0 Å². The van der Waals surface area contributed by atoms with Crippen LogP contribution in [-0.4, -0.2) is 41.5 Å². The molecule has 0 bridgehead atoms. The summed E-state index contributed by atoms with van der Waals surface area (Å²) in [5.41, 5.74) is 1.53. The van der Waals surface area contributed by atoms with Crippen molar-refractivity contribution in [3.63, 3.8) is 0 Å². The molecule has 2 heterocycles. The molecule has 3 fully saturated rings. The van der Waals surface area contributed by atoms with Gasteiger partial charge in [-0.15, -0.1) is 0 Å². The standard InChI is InChI=1S/C18H26N2/c1-14-10-17(11-14)20-12-16-8-5-9-19(16)13-18(20)15-6-3-2-4-7-15/h2-4,6-7,14,16-18H,5,8-13H2,1H3. The summed E-state index contributed by atoms with van der Waals surface area (Å²) in [7, 11) is 0. The molecule has 20 heavy (non-hydrogen) atoms. The first-order valence-electron chi connectivity index (χ1n) is 8.36. The van der Waals surface area contributed by atoms with E-state index in [4.69, 9.17) is 0 Å². The molecule has 1 aromatic rings. The van der Waals surface area contributed by atoms with E-state index < -0.39 is 0 Å². The quantitative estimate of drug-likeness (QED) is 0.813. The first-order valence-corrected chi connectivity index (χ1v) is 8.36. The van der Waals surface area contributed by atoms with Gasteiger partial charge in [-0.3, -0.25) is 9.80 Å². The van der Waals surface area contributed by atoms with Gasteiger partial charge in [0.05, 0.1) is 0 Å². The van der Waals surface area contributed by atoms with Gasteiger partial charge in [0.2, 0.25) is 0 Å². The Labute approximate surface area is 122 Å². The van der Waals surface area contributed by atoms with Gasteiger partial charge in [0, 0.05) is 31.2 Å². The number of rotatable bonds is 2. The third kappa shape index (κ3) is 2.19. The van der Waals surface area contributed by atoms with Crippen LogP contribution >= 0.6 is 0 Å². The first-order chi connectivity index (χ1) is 9.81. The molecule has 2 aliphatic heterocycles. The maximum absolute atomic E-state index is 2.85. The van der Waals surface area contributed by atoms with Crippen LogP contribution in [0.15, 0.2) is 30.3 Å². The second kappa shape index (κ2) is 5.16. The molecule has 4 rings (SSSR count). The third-order valence-corrected chi connectivity index (χ3v) is 5.73. The van der Waals surface area contributed by atoms with Crippen LogP contribution in [0.1, 0.15) is 44.2 Å². The fourth-order valence-electron chi connectivity index (χ4n) is 4.55. The molecule has 2 atom stereocenters. The zero-order valence-electron chi connectivity index (χ0n) is 12.5. The van der Waals surface area contributed by atoms with Crippen molar-refractivity contribution < 1.29 is 0 Å². The highest BCUT2D eigenvalue weighted by molar-refractivity contribution is 5.21. The molecule has 2 saturated heterocycles. The van der Waals surface area contributed by atoms with Crippen LogP contribution in [0.25, 0.3) is 0 Å². The lowest BCUT2D eigenvalue weighted by Crippen LogP contribution is -2.57. The Hall–Kier alpha value is -0.860. The topological polar surface area (TPSA) is 6.48 Å². The predicted octanol–water partition coefficient (Wildman–Crippen LogP) is 3.31. The average Bonchev–Trinajstić information content (AvgIpc) is 2.91. The fourth-order valence-corrected chi connectivity index (χ4v) is 4.55. The maximum atomic E-state index is 2.85. The van der Waals surface area contributed by atoms with Crippen molar-refractivity contribution in [2.45, 2.75) is 50.7 Å². The Morgan fingerprint density at radius 3 is 2.55 bits per heavy atom. The molecule has 2 heteroatoms. The second-order valence-corrected chi connectivity index (χ2v) is 7.14. The summed E-state index contributed by atoms with van der Waals surface area (Å²) < 4.78 is 0. The normalized spacial score (nSPS) is 38.5. The minimum atomic E-state index is 0.628. The Morgan fingerprint density at radius 2 is 1.80 bits per heavy atom. The largest absolute Gasteiger partial charge is 0.297 e. The van der Waals surface area contributed by atoms with E-state index in [1.165, 1.54) is 50.9 Å². The van der Waals surface area contributed by atoms with Crippen LogP contribution < -0.4 is 0 Å². The highest BCUT2D eigenvalue weighted by atomic mass is 15.3. The number of nitrogens with zero attached hydrogens (tertiary/aromatic N) is 2. The van der Waals surface area contributed by atoms with Crippen LogP contribution in [0.5, 0.6) is 0 Å². The predicted molar refractivity (Wildman–Crippen MR) is 82.7 cm³/mol. The highest BCUT2D eigenvalue weighted by Crippen LogP contribution is 2.40. The lowest BCUT2D eigenvalue weighted by molar-refractivity contribution is -0.0218. The molecule has 0 aromatic heterocycles. The molecule has 2 unspecified atom stereocenters. The zero-order chi connectivity index (χ0) is 13.5. The highest BCUT2D eigenvalue weighted by Gasteiger charge is 2.42. The van der Waals surface area contributed by atoms with E-state index in [-0.39, 0.29) is 0 Å². The van der Waals surface area contributed by atoms with Crippen LogP contribution in [0.4, 0.5) is 0 Å². The smallest absolute Gasteiger partial charge is 0.0478 e. The van der Waals surface area contributed by atoms with Gasteiger partial charge in [-0.05, 0) is 43.7 Å². The minimum Gasteiger partial charge on any atom is -0.297 e. The molecule has 1 aliphatic carbocycles. The van der Waals surface area contributed by atoms with E-state index in [1.54, 1.807) is 0 Å². The fraction of sp³-hybridized carbons (Fsp3) is 0.667. The number of fused-ring (bicyclic) bond motifs is 1. The molecule has 108 valence electrons. The van der Waals surface area contributed by atoms with Crippen molar-refractivity contribution >= 4 is 0 Å². The summed E-state index contributed by atoms with van der Waals surface area (Å²) in [6, 6.07) is 13.5. The van der Waals surface area contributed by atoms with Crippen LogP contribution in [0.2, 0.25) is 0 Å². The Kier molecular flexibility index (Phi) is 3.31. The lowest BCUT2D eigenvalue weighted by atomic mass is 9.79. The minimum absolute atomic E-state index is 0.628. The van der Waals surface area contributed by atoms with Gasteiger partial charge in [-0.2, -0.15) is 0 Å². The van der Waals surface area contributed by atoms with Gasteiger partial charge in [-0.1, -0.05) is 37.3 Å². The van der Waals surface area contributed by atoms with Gasteiger partial charge in [0.15, 0.2) is 0 Å². The lowest BCUT2D eigenvalue weighted by Gasteiger charge is -2.51. The maximum Gasteiger partial charge on any atom is 0.0478 e. The van der Waals surface area contributed by atoms with Crippen molar-refractivity contribution in [3.05, 3.63) is 35.9 Å². The SMILES string of the molecule is CC1CC(N2CC3CCCN3CC2c2ccccc2)C1. The zero-order valence-corrected chi connectivity index (χ0v) is 12.5. The van der Waals surface area contributed by atoms with E-state index in [0.29, 0.717) is 6.04 Å². The van der Waals surface area contributed by atoms with Gasteiger partial charge in [0.25, 0.3) is 0 Å². The van der Waals surface area contributed by atoms with Gasteiger partial charge in [0.1, 0.15) is 0 Å². The summed E-state index contributed by atoms with van der Waals surface area (Å²) >= 11 is 0. The van der Waals surface area contributed by atoms with Crippen LogP contribution in [-0.2, 0) is 0 Å². The molecule has 0 N–H and O–H groups in total. The monoisotopic (exact) mass is 270 g/mol. The first kappa shape index (κ1) is 12.8. The summed E-state index contributed by atoms with van der Waals surface area (Å²) in [4.78, 5) is 5.60. The van der Waals surface area contributed by atoms with E-state index >= 15 is 0 Å². The molecule has 2 nitrogen and oxygen atoms in total. The average molecular weight is 270 g/mol. The van der Waals surface area contributed by atoms with Crippen molar-refractivity contribution in [2.75, 3.05) is 19.6 Å². The van der Waals surface area contributed by atoms with E-state index in [0.717, 1.165) is 18.0 Å². The van der Waals surface area contributed by atoms with E-state index in [2.05, 4.69) is 47.1 Å². The van der Waals surface area contributed by atoms with Crippen molar-refractivity contribution in [1.82, 2.24) is 9.80 Å². The van der Waals surface area contributed by atoms with E-state index in [1.807, 2.05) is 0 Å². The number of piperazine rings is 1. The second-order valence-electron chi connectivity index (χ2n) is 7.14. The van der Waals surface area contributed by atoms with Crippen LogP contribution in [0, 0.1) is 5.92 Å². The molecule has 0 spiro atoms. The van der Waals surface area contributed by atoms with Crippen molar-refractivity contribution in [1.29, 1.82) is 0 Å². The summed E-state index contributed by atoms with van der Waals surface area (Å²) in [6.45, 7) is 6.28. The van der Waals surface area contributed by atoms with Crippen molar-refractivity contribution in [3.8, 4) is 0 Å². The molecular weight excluding hydrogens is 244 g/mol. The van der Waals surface area contributed by atoms with Gasteiger partial charge >= 0.3 is 0 Å². The van der Waals surface area contributed by atoms with Gasteiger partial charge < -0.3 is 0 Å². The van der Waals surface area contributed by atoms with Crippen molar-refractivity contribution in [2.24, 2.45) is 5.92 Å². The molecule has 1 saturated carbocycles. The molecule has 3 aliphatic rings. The summed E-state index contributed by atoms with van der Waals surface area (Å²) in [5, 5.41) is 0. The Balaban J connectivity index is 1.59. The summed E-state index contributed by atoms with van der Waals surface area (Å²) in [6.07, 6.45) is 5.65. The molecular formula is C18H26N2. The van der Waals surface area contributed by atoms with Gasteiger partial charge in [-0.25, -0.2) is 0 Å². The number of hydrogen-bond donors (Lipinski definition) is 0. The Morgan fingerprint density at radius 1 is 1.00 bits per heavy atom.